The van der Waals surface area contributed by atoms with Crippen molar-refractivity contribution in [3.63, 3.8) is 0 Å². The Balaban J connectivity index is 2.12. The molecule has 2 aromatic rings. The number of nitrogens with zero attached hydrogens (tertiary/aromatic N) is 1. The molecule has 0 bridgehead atoms. The highest BCUT2D eigenvalue weighted by molar-refractivity contribution is 5.44. The van der Waals surface area contributed by atoms with Crippen molar-refractivity contribution in [3.8, 4) is 0 Å². The standard InChI is InChI=1S/C17H20N2O2/c1-12-7-4-5-9-16(12)14(3)18-11-15-8-6-10-17(13(15)2)19(20)21/h4-10,14,18H,11H2,1-3H3. The normalized spacial score (nSPS) is 12.1. The number of benzene rings is 2. The first-order chi connectivity index (χ1) is 10.0. The predicted molar refractivity (Wildman–Crippen MR) is 84.3 cm³/mol. The SMILES string of the molecule is Cc1ccccc1C(C)NCc1cccc([N+](=O)[O-])c1C. The van der Waals surface area contributed by atoms with Crippen molar-refractivity contribution >= 4 is 5.69 Å². The monoisotopic (exact) mass is 284 g/mol. The van der Waals surface area contributed by atoms with Gasteiger partial charge in [-0.15, -0.1) is 0 Å². The maximum absolute atomic E-state index is 11.0. The molecule has 4 nitrogen and oxygen atoms in total. The topological polar surface area (TPSA) is 55.2 Å². The molecule has 0 amide bonds. The van der Waals surface area contributed by atoms with E-state index in [9.17, 15) is 10.1 Å². The predicted octanol–water partition coefficient (Wildman–Crippen LogP) is 4.06. The summed E-state index contributed by atoms with van der Waals surface area (Å²) in [6, 6.07) is 13.7. The van der Waals surface area contributed by atoms with E-state index >= 15 is 0 Å². The van der Waals surface area contributed by atoms with Crippen molar-refractivity contribution in [3.05, 3.63) is 74.8 Å². The van der Waals surface area contributed by atoms with E-state index in [1.807, 2.05) is 18.2 Å². The third-order valence-corrected chi connectivity index (χ3v) is 3.87. The Morgan fingerprint density at radius 2 is 1.86 bits per heavy atom. The molecule has 0 saturated heterocycles. The van der Waals surface area contributed by atoms with E-state index in [1.54, 1.807) is 19.1 Å². The van der Waals surface area contributed by atoms with Crippen LogP contribution in [0.5, 0.6) is 0 Å². The van der Waals surface area contributed by atoms with E-state index in [0.717, 1.165) is 11.1 Å². The molecule has 110 valence electrons. The molecule has 1 unspecified atom stereocenters. The summed E-state index contributed by atoms with van der Waals surface area (Å²) in [6.45, 7) is 6.61. The molecule has 0 spiro atoms. The van der Waals surface area contributed by atoms with Crippen LogP contribution in [0.25, 0.3) is 0 Å². The number of nitro benzene ring substituents is 1. The van der Waals surface area contributed by atoms with Crippen LogP contribution in [0.15, 0.2) is 42.5 Å². The maximum atomic E-state index is 11.0. The average Bonchev–Trinajstić information content (AvgIpc) is 2.46. The minimum atomic E-state index is -0.330. The summed E-state index contributed by atoms with van der Waals surface area (Å²) in [5.41, 5.74) is 4.36. The largest absolute Gasteiger partial charge is 0.306 e. The molecule has 0 radical (unpaired) electrons. The van der Waals surface area contributed by atoms with Gasteiger partial charge in [-0.1, -0.05) is 36.4 Å². The lowest BCUT2D eigenvalue weighted by Gasteiger charge is -2.17. The molecule has 21 heavy (non-hydrogen) atoms. The summed E-state index contributed by atoms with van der Waals surface area (Å²) >= 11 is 0. The van der Waals surface area contributed by atoms with Crippen LogP contribution in [0.1, 0.15) is 35.2 Å². The fourth-order valence-electron chi connectivity index (χ4n) is 2.50. The van der Waals surface area contributed by atoms with Gasteiger partial charge >= 0.3 is 0 Å². The van der Waals surface area contributed by atoms with Crippen LogP contribution in [0.2, 0.25) is 0 Å². The molecule has 1 N–H and O–H groups in total. The Hall–Kier alpha value is -2.20. The highest BCUT2D eigenvalue weighted by atomic mass is 16.6. The van der Waals surface area contributed by atoms with Gasteiger partial charge in [0.05, 0.1) is 4.92 Å². The summed E-state index contributed by atoms with van der Waals surface area (Å²) in [4.78, 5) is 10.6. The minimum absolute atomic E-state index is 0.179. The van der Waals surface area contributed by atoms with Crippen LogP contribution in [0.3, 0.4) is 0 Å². The molecule has 1 atom stereocenters. The van der Waals surface area contributed by atoms with E-state index in [2.05, 4.69) is 31.3 Å². The summed E-state index contributed by atoms with van der Waals surface area (Å²) in [5, 5.41) is 14.4. The van der Waals surface area contributed by atoms with Gasteiger partial charge in [0.15, 0.2) is 0 Å². The minimum Gasteiger partial charge on any atom is -0.306 e. The molecule has 4 heteroatoms. The zero-order valence-corrected chi connectivity index (χ0v) is 12.6. The van der Waals surface area contributed by atoms with Crippen molar-refractivity contribution in [2.75, 3.05) is 0 Å². The summed E-state index contributed by atoms with van der Waals surface area (Å²) < 4.78 is 0. The Labute approximate surface area is 125 Å². The lowest BCUT2D eigenvalue weighted by atomic mass is 10.0. The summed E-state index contributed by atoms with van der Waals surface area (Å²) in [7, 11) is 0. The molecule has 0 aromatic heterocycles. The van der Waals surface area contributed by atoms with Crippen LogP contribution in [0, 0.1) is 24.0 Å². The number of nitro groups is 1. The van der Waals surface area contributed by atoms with Crippen molar-refractivity contribution in [1.82, 2.24) is 5.32 Å². The number of nitrogens with one attached hydrogen (secondary N) is 1. The lowest BCUT2D eigenvalue weighted by molar-refractivity contribution is -0.385. The van der Waals surface area contributed by atoms with Gasteiger partial charge in [0.2, 0.25) is 0 Å². The molecule has 0 aliphatic rings. The van der Waals surface area contributed by atoms with Gasteiger partial charge in [0, 0.05) is 24.2 Å². The highest BCUT2D eigenvalue weighted by Gasteiger charge is 2.14. The van der Waals surface area contributed by atoms with E-state index in [4.69, 9.17) is 0 Å². The second-order valence-electron chi connectivity index (χ2n) is 5.28. The Morgan fingerprint density at radius 1 is 1.14 bits per heavy atom. The first-order valence-electron chi connectivity index (χ1n) is 7.02. The third kappa shape index (κ3) is 3.47. The van der Waals surface area contributed by atoms with E-state index in [-0.39, 0.29) is 16.7 Å². The second-order valence-corrected chi connectivity index (χ2v) is 5.28. The van der Waals surface area contributed by atoms with Crippen LogP contribution >= 0.6 is 0 Å². The van der Waals surface area contributed by atoms with E-state index in [0.29, 0.717) is 6.54 Å². The number of hydrogen-bond donors (Lipinski definition) is 1. The smallest absolute Gasteiger partial charge is 0.272 e. The molecule has 2 aromatic carbocycles. The Bertz CT molecular complexity index is 653. The van der Waals surface area contributed by atoms with Crippen molar-refractivity contribution in [2.24, 2.45) is 0 Å². The van der Waals surface area contributed by atoms with E-state index in [1.165, 1.54) is 11.1 Å². The van der Waals surface area contributed by atoms with Crippen LogP contribution in [0.4, 0.5) is 5.69 Å². The first-order valence-corrected chi connectivity index (χ1v) is 7.02. The summed E-state index contributed by atoms with van der Waals surface area (Å²) in [5.74, 6) is 0. The van der Waals surface area contributed by atoms with E-state index < -0.39 is 0 Å². The molecule has 0 aliphatic carbocycles. The van der Waals surface area contributed by atoms with Gasteiger partial charge in [0.25, 0.3) is 5.69 Å². The third-order valence-electron chi connectivity index (χ3n) is 3.87. The maximum Gasteiger partial charge on any atom is 0.272 e. The van der Waals surface area contributed by atoms with Gasteiger partial charge in [-0.05, 0) is 37.5 Å². The zero-order valence-electron chi connectivity index (χ0n) is 12.6. The molecule has 0 fully saturated rings. The molecule has 0 heterocycles. The van der Waals surface area contributed by atoms with Crippen LogP contribution in [-0.2, 0) is 6.54 Å². The molecule has 0 aliphatic heterocycles. The fraction of sp³-hybridized carbons (Fsp3) is 0.294. The number of hydrogen-bond acceptors (Lipinski definition) is 3. The Morgan fingerprint density at radius 3 is 2.52 bits per heavy atom. The quantitative estimate of drug-likeness (QED) is 0.665. The molecule has 0 saturated carbocycles. The molecule has 2 rings (SSSR count). The molecular weight excluding hydrogens is 264 g/mol. The van der Waals surface area contributed by atoms with Gasteiger partial charge < -0.3 is 5.32 Å². The van der Waals surface area contributed by atoms with Crippen molar-refractivity contribution in [1.29, 1.82) is 0 Å². The van der Waals surface area contributed by atoms with Gasteiger partial charge in [0.1, 0.15) is 0 Å². The van der Waals surface area contributed by atoms with Crippen molar-refractivity contribution in [2.45, 2.75) is 33.4 Å². The van der Waals surface area contributed by atoms with Gasteiger partial charge in [-0.25, -0.2) is 0 Å². The van der Waals surface area contributed by atoms with Crippen LogP contribution < -0.4 is 5.32 Å². The average molecular weight is 284 g/mol. The zero-order chi connectivity index (χ0) is 15.4. The lowest BCUT2D eigenvalue weighted by Crippen LogP contribution is -2.19. The Kier molecular flexibility index (Phi) is 4.70. The number of aryl methyl sites for hydroxylation is 1. The summed E-state index contributed by atoms with van der Waals surface area (Å²) in [6.07, 6.45) is 0. The molecular formula is C17H20N2O2. The van der Waals surface area contributed by atoms with Gasteiger partial charge in [-0.3, -0.25) is 10.1 Å². The first kappa shape index (κ1) is 15.2. The van der Waals surface area contributed by atoms with Gasteiger partial charge in [-0.2, -0.15) is 0 Å². The van der Waals surface area contributed by atoms with Crippen molar-refractivity contribution < 1.29 is 4.92 Å². The second kappa shape index (κ2) is 6.50. The van der Waals surface area contributed by atoms with Crippen LogP contribution in [-0.4, -0.2) is 4.92 Å². The fourth-order valence-corrected chi connectivity index (χ4v) is 2.50. The highest BCUT2D eigenvalue weighted by Crippen LogP contribution is 2.22. The number of rotatable bonds is 5.